The summed E-state index contributed by atoms with van der Waals surface area (Å²) >= 11 is 0. The van der Waals surface area contributed by atoms with Crippen molar-refractivity contribution < 1.29 is 24.3 Å². The highest BCUT2D eigenvalue weighted by Gasteiger charge is 2.34. The number of urea groups is 1. The second-order valence-corrected chi connectivity index (χ2v) is 4.09. The maximum absolute atomic E-state index is 11.8. The molecule has 0 aromatic rings. The fraction of sp³-hybridized carbons (Fsp3) is 0.600. The number of hydrogen-bond acceptors (Lipinski definition) is 4. The highest BCUT2D eigenvalue weighted by Crippen LogP contribution is 2.04. The van der Waals surface area contributed by atoms with Gasteiger partial charge in [0.05, 0.1) is 0 Å². The van der Waals surface area contributed by atoms with E-state index in [0.717, 1.165) is 4.90 Å². The molecular formula is C10H16N4O5. The number of amides is 4. The summed E-state index contributed by atoms with van der Waals surface area (Å²) in [5, 5.41) is 13.8. The molecule has 0 saturated carbocycles. The van der Waals surface area contributed by atoms with Gasteiger partial charge >= 0.3 is 12.0 Å². The molecule has 9 heteroatoms. The van der Waals surface area contributed by atoms with Gasteiger partial charge in [-0.2, -0.15) is 0 Å². The van der Waals surface area contributed by atoms with Crippen molar-refractivity contribution in [2.75, 3.05) is 19.6 Å². The molecule has 0 aliphatic carbocycles. The number of nitrogens with zero attached hydrogens (tertiary/aromatic N) is 1. The molecule has 5 N–H and O–H groups in total. The largest absolute Gasteiger partial charge is 0.480 e. The number of carbonyl (C=O) groups excluding carboxylic acids is 3. The maximum Gasteiger partial charge on any atom is 0.328 e. The Morgan fingerprint density at radius 2 is 2.16 bits per heavy atom. The number of nitrogens with two attached hydrogens (primary N) is 1. The van der Waals surface area contributed by atoms with E-state index in [4.69, 9.17) is 10.8 Å². The normalized spacial score (nSPS) is 18.6. The topological polar surface area (TPSA) is 142 Å². The molecule has 1 aliphatic rings. The van der Waals surface area contributed by atoms with E-state index in [1.54, 1.807) is 0 Å². The smallest absolute Gasteiger partial charge is 0.328 e. The average molecular weight is 272 g/mol. The number of carbonyl (C=O) groups is 4. The van der Waals surface area contributed by atoms with E-state index in [9.17, 15) is 19.2 Å². The van der Waals surface area contributed by atoms with E-state index >= 15 is 0 Å². The van der Waals surface area contributed by atoms with Crippen LogP contribution in [0.4, 0.5) is 4.79 Å². The maximum atomic E-state index is 11.8. The number of primary amides is 1. The summed E-state index contributed by atoms with van der Waals surface area (Å²) in [5.74, 6) is -2.08. The number of aliphatic carboxylic acids is 1. The lowest BCUT2D eigenvalue weighted by atomic mass is 10.2. The molecule has 1 atom stereocenters. The summed E-state index contributed by atoms with van der Waals surface area (Å²) in [6, 6.07) is -1.74. The van der Waals surface area contributed by atoms with Crippen molar-refractivity contribution in [3.8, 4) is 0 Å². The summed E-state index contributed by atoms with van der Waals surface area (Å²) < 4.78 is 0. The Morgan fingerprint density at radius 1 is 1.47 bits per heavy atom. The van der Waals surface area contributed by atoms with Crippen molar-refractivity contribution in [2.45, 2.75) is 18.9 Å². The predicted octanol–water partition coefficient (Wildman–Crippen LogP) is -2.15. The highest BCUT2D eigenvalue weighted by atomic mass is 16.4. The van der Waals surface area contributed by atoms with Gasteiger partial charge in [0.2, 0.25) is 11.8 Å². The number of carboxylic acids is 1. The first-order chi connectivity index (χ1) is 8.91. The Kier molecular flexibility index (Phi) is 5.10. The number of hydrogen-bond donors (Lipinski definition) is 4. The fourth-order valence-electron chi connectivity index (χ4n) is 1.63. The second-order valence-electron chi connectivity index (χ2n) is 4.09. The molecule has 0 spiro atoms. The van der Waals surface area contributed by atoms with Crippen LogP contribution in [0.5, 0.6) is 0 Å². The Morgan fingerprint density at radius 3 is 2.74 bits per heavy atom. The molecule has 1 aliphatic heterocycles. The van der Waals surface area contributed by atoms with Gasteiger partial charge < -0.3 is 21.5 Å². The summed E-state index contributed by atoms with van der Waals surface area (Å²) in [4.78, 5) is 45.3. The average Bonchev–Trinajstić information content (AvgIpc) is 2.33. The third-order valence-electron chi connectivity index (χ3n) is 2.60. The molecule has 4 amide bonds. The lowest BCUT2D eigenvalue weighted by molar-refractivity contribution is -0.144. The highest BCUT2D eigenvalue weighted by molar-refractivity contribution is 5.90. The van der Waals surface area contributed by atoms with E-state index in [-0.39, 0.29) is 26.1 Å². The van der Waals surface area contributed by atoms with Crippen LogP contribution in [-0.4, -0.2) is 59.5 Å². The molecule has 106 valence electrons. The lowest BCUT2D eigenvalue weighted by Crippen LogP contribution is -2.61. The van der Waals surface area contributed by atoms with E-state index in [2.05, 4.69) is 10.6 Å². The zero-order valence-electron chi connectivity index (χ0n) is 10.2. The van der Waals surface area contributed by atoms with Crippen molar-refractivity contribution in [3.63, 3.8) is 0 Å². The lowest BCUT2D eigenvalue weighted by Gasteiger charge is -2.32. The first kappa shape index (κ1) is 14.7. The van der Waals surface area contributed by atoms with Gasteiger partial charge in [0.25, 0.3) is 0 Å². The molecule has 1 unspecified atom stereocenters. The quantitative estimate of drug-likeness (QED) is 0.422. The molecule has 1 saturated heterocycles. The molecule has 0 aromatic heterocycles. The van der Waals surface area contributed by atoms with Crippen LogP contribution in [0.3, 0.4) is 0 Å². The van der Waals surface area contributed by atoms with Crippen LogP contribution in [0, 0.1) is 0 Å². The van der Waals surface area contributed by atoms with E-state index in [1.807, 2.05) is 0 Å². The Labute approximate surface area is 109 Å². The van der Waals surface area contributed by atoms with Crippen molar-refractivity contribution >= 4 is 23.8 Å². The van der Waals surface area contributed by atoms with Gasteiger partial charge in [-0.15, -0.1) is 0 Å². The van der Waals surface area contributed by atoms with Crippen molar-refractivity contribution in [2.24, 2.45) is 5.73 Å². The fourth-order valence-corrected chi connectivity index (χ4v) is 1.63. The molecule has 9 nitrogen and oxygen atoms in total. The van der Waals surface area contributed by atoms with Crippen LogP contribution in [0.15, 0.2) is 0 Å². The van der Waals surface area contributed by atoms with Crippen LogP contribution in [-0.2, 0) is 14.4 Å². The summed E-state index contributed by atoms with van der Waals surface area (Å²) in [6.45, 7) is -0.242. The first-order valence-corrected chi connectivity index (χ1v) is 5.74. The van der Waals surface area contributed by atoms with Gasteiger partial charge in [0.1, 0.15) is 12.6 Å². The Hall–Kier alpha value is -2.32. The molecular weight excluding hydrogens is 256 g/mol. The van der Waals surface area contributed by atoms with Crippen molar-refractivity contribution in [1.82, 2.24) is 15.5 Å². The van der Waals surface area contributed by atoms with Crippen LogP contribution in [0.1, 0.15) is 12.8 Å². The summed E-state index contributed by atoms with van der Waals surface area (Å²) in [5.41, 5.74) is 4.94. The van der Waals surface area contributed by atoms with Crippen LogP contribution in [0.25, 0.3) is 0 Å². The summed E-state index contributed by atoms with van der Waals surface area (Å²) in [6.07, 6.45) is 0.488. The van der Waals surface area contributed by atoms with Gasteiger partial charge in [0, 0.05) is 19.5 Å². The first-order valence-electron chi connectivity index (χ1n) is 5.74. The predicted molar refractivity (Wildman–Crippen MR) is 63.0 cm³/mol. The molecule has 1 heterocycles. The Bertz CT molecular complexity index is 397. The SMILES string of the molecule is NC(=O)CCCNC(=O)N1CC(=O)NCC1C(=O)O. The van der Waals surface area contributed by atoms with E-state index in [0.29, 0.717) is 6.42 Å². The molecule has 19 heavy (non-hydrogen) atoms. The number of nitrogens with one attached hydrogen (secondary N) is 2. The third kappa shape index (κ3) is 4.45. The number of piperazine rings is 1. The molecule has 1 fully saturated rings. The van der Waals surface area contributed by atoms with E-state index < -0.39 is 29.9 Å². The minimum absolute atomic E-state index is 0.122. The standard InChI is InChI=1S/C10H16N4O5/c11-7(15)2-1-3-12-10(19)14-5-8(16)13-4-6(14)9(17)18/h6H,1-5H2,(H2,11,15)(H,12,19)(H,13,16)(H,17,18). The number of carboxylic acid groups (broad SMARTS) is 1. The van der Waals surface area contributed by atoms with Crippen molar-refractivity contribution in [3.05, 3.63) is 0 Å². The molecule has 1 rings (SSSR count). The van der Waals surface area contributed by atoms with Crippen LogP contribution in [0.2, 0.25) is 0 Å². The minimum Gasteiger partial charge on any atom is -0.480 e. The van der Waals surface area contributed by atoms with Gasteiger partial charge in [-0.3, -0.25) is 14.5 Å². The van der Waals surface area contributed by atoms with Gasteiger partial charge in [0.15, 0.2) is 0 Å². The van der Waals surface area contributed by atoms with Gasteiger partial charge in [-0.1, -0.05) is 0 Å². The Balaban J connectivity index is 2.49. The minimum atomic E-state index is -1.19. The zero-order valence-corrected chi connectivity index (χ0v) is 10.2. The molecule has 0 radical (unpaired) electrons. The zero-order chi connectivity index (χ0) is 14.4. The van der Waals surface area contributed by atoms with Gasteiger partial charge in [-0.25, -0.2) is 9.59 Å². The molecule has 0 aromatic carbocycles. The van der Waals surface area contributed by atoms with Crippen LogP contribution < -0.4 is 16.4 Å². The number of rotatable bonds is 5. The third-order valence-corrected chi connectivity index (χ3v) is 2.60. The van der Waals surface area contributed by atoms with Crippen molar-refractivity contribution in [1.29, 1.82) is 0 Å². The summed E-state index contributed by atoms with van der Waals surface area (Å²) in [7, 11) is 0. The van der Waals surface area contributed by atoms with Gasteiger partial charge in [-0.05, 0) is 6.42 Å². The molecule has 0 bridgehead atoms. The second kappa shape index (κ2) is 6.57. The van der Waals surface area contributed by atoms with Crippen LogP contribution >= 0.6 is 0 Å². The van der Waals surface area contributed by atoms with E-state index in [1.165, 1.54) is 0 Å². The monoisotopic (exact) mass is 272 g/mol.